The summed E-state index contributed by atoms with van der Waals surface area (Å²) in [4.78, 5) is 14.5. The van der Waals surface area contributed by atoms with Crippen molar-refractivity contribution < 1.29 is 9.90 Å². The van der Waals surface area contributed by atoms with Gasteiger partial charge in [-0.3, -0.25) is 0 Å². The standard InChI is InChI=1S/C9H12N2O2S/c1-3-4-6(2)11-8-7(9(12)13)10-5-14-8/h3,5-6,11H,1,4H2,2H3,(H,12,13). The molecule has 0 saturated carbocycles. The maximum atomic E-state index is 10.7. The number of rotatable bonds is 5. The third-order valence-electron chi connectivity index (χ3n) is 1.67. The highest BCUT2D eigenvalue weighted by atomic mass is 32.1. The third-order valence-corrected chi connectivity index (χ3v) is 2.43. The molecule has 0 radical (unpaired) electrons. The van der Waals surface area contributed by atoms with E-state index in [-0.39, 0.29) is 11.7 Å². The topological polar surface area (TPSA) is 62.2 Å². The molecule has 1 heterocycles. The van der Waals surface area contributed by atoms with Crippen LogP contribution in [0, 0.1) is 0 Å². The lowest BCUT2D eigenvalue weighted by Gasteiger charge is -2.10. The number of carboxylic acid groups (broad SMARTS) is 1. The second kappa shape index (κ2) is 4.76. The number of aromatic carboxylic acids is 1. The lowest BCUT2D eigenvalue weighted by atomic mass is 10.2. The fraction of sp³-hybridized carbons (Fsp3) is 0.333. The van der Waals surface area contributed by atoms with E-state index < -0.39 is 5.97 Å². The highest BCUT2D eigenvalue weighted by molar-refractivity contribution is 7.14. The summed E-state index contributed by atoms with van der Waals surface area (Å²) in [6.45, 7) is 5.58. The van der Waals surface area contributed by atoms with Gasteiger partial charge >= 0.3 is 5.97 Å². The number of hydrogen-bond donors (Lipinski definition) is 2. The largest absolute Gasteiger partial charge is 0.476 e. The Hall–Kier alpha value is -1.36. The number of hydrogen-bond acceptors (Lipinski definition) is 4. The first kappa shape index (κ1) is 10.7. The van der Waals surface area contributed by atoms with Crippen LogP contribution in [0.15, 0.2) is 18.2 Å². The van der Waals surface area contributed by atoms with Crippen LogP contribution in [0.2, 0.25) is 0 Å². The normalized spacial score (nSPS) is 12.1. The smallest absolute Gasteiger partial charge is 0.357 e. The molecule has 0 spiro atoms. The van der Waals surface area contributed by atoms with Gasteiger partial charge in [0, 0.05) is 6.04 Å². The Morgan fingerprint density at radius 2 is 2.64 bits per heavy atom. The van der Waals surface area contributed by atoms with Crippen molar-refractivity contribution in [2.75, 3.05) is 5.32 Å². The van der Waals surface area contributed by atoms with Crippen molar-refractivity contribution in [1.82, 2.24) is 4.98 Å². The molecular weight excluding hydrogens is 200 g/mol. The number of anilines is 1. The predicted octanol–water partition coefficient (Wildman–Crippen LogP) is 2.22. The maximum absolute atomic E-state index is 10.7. The van der Waals surface area contributed by atoms with E-state index in [0.29, 0.717) is 5.00 Å². The molecule has 1 aromatic rings. The van der Waals surface area contributed by atoms with Crippen LogP contribution in [0.25, 0.3) is 0 Å². The number of thiazole rings is 1. The van der Waals surface area contributed by atoms with E-state index in [1.165, 1.54) is 16.8 Å². The zero-order valence-corrected chi connectivity index (χ0v) is 8.67. The van der Waals surface area contributed by atoms with Gasteiger partial charge in [-0.2, -0.15) is 0 Å². The molecule has 5 heteroatoms. The highest BCUT2D eigenvalue weighted by Gasteiger charge is 2.14. The summed E-state index contributed by atoms with van der Waals surface area (Å²) < 4.78 is 0. The van der Waals surface area contributed by atoms with Crippen LogP contribution in [0.3, 0.4) is 0 Å². The van der Waals surface area contributed by atoms with Crippen molar-refractivity contribution >= 4 is 22.3 Å². The highest BCUT2D eigenvalue weighted by Crippen LogP contribution is 2.21. The van der Waals surface area contributed by atoms with Gasteiger partial charge in [-0.25, -0.2) is 9.78 Å². The Morgan fingerprint density at radius 3 is 3.21 bits per heavy atom. The van der Waals surface area contributed by atoms with E-state index in [4.69, 9.17) is 5.11 Å². The van der Waals surface area contributed by atoms with Crippen molar-refractivity contribution in [1.29, 1.82) is 0 Å². The molecule has 0 aromatic carbocycles. The number of carboxylic acids is 1. The molecule has 0 aliphatic rings. The molecule has 0 aliphatic carbocycles. The van der Waals surface area contributed by atoms with E-state index in [2.05, 4.69) is 16.9 Å². The number of nitrogens with zero attached hydrogens (tertiary/aromatic N) is 1. The number of carbonyl (C=O) groups is 1. The molecule has 1 aromatic heterocycles. The van der Waals surface area contributed by atoms with E-state index >= 15 is 0 Å². The van der Waals surface area contributed by atoms with E-state index in [9.17, 15) is 4.79 Å². The number of nitrogens with one attached hydrogen (secondary N) is 1. The van der Waals surface area contributed by atoms with Crippen LogP contribution in [0.4, 0.5) is 5.00 Å². The summed E-state index contributed by atoms with van der Waals surface area (Å²) in [6.07, 6.45) is 2.58. The van der Waals surface area contributed by atoms with Gasteiger partial charge in [0.1, 0.15) is 5.00 Å². The molecule has 1 unspecified atom stereocenters. The first-order valence-corrected chi connectivity index (χ1v) is 5.07. The predicted molar refractivity (Wildman–Crippen MR) is 57.0 cm³/mol. The van der Waals surface area contributed by atoms with E-state index in [1.807, 2.05) is 6.92 Å². The molecule has 1 atom stereocenters. The third kappa shape index (κ3) is 2.56. The fourth-order valence-corrected chi connectivity index (χ4v) is 1.82. The lowest BCUT2D eigenvalue weighted by molar-refractivity contribution is 0.0692. The molecule has 4 nitrogen and oxygen atoms in total. The Bertz CT molecular complexity index is 335. The second-order valence-corrected chi connectivity index (χ2v) is 3.76. The quantitative estimate of drug-likeness (QED) is 0.735. The summed E-state index contributed by atoms with van der Waals surface area (Å²) in [5.41, 5.74) is 1.61. The van der Waals surface area contributed by atoms with Gasteiger partial charge in [-0.15, -0.1) is 17.9 Å². The molecule has 0 saturated heterocycles. The minimum absolute atomic E-state index is 0.0888. The summed E-state index contributed by atoms with van der Waals surface area (Å²) in [5, 5.41) is 12.5. The average molecular weight is 212 g/mol. The van der Waals surface area contributed by atoms with Gasteiger partial charge < -0.3 is 10.4 Å². The van der Waals surface area contributed by atoms with Crippen molar-refractivity contribution in [3.05, 3.63) is 23.9 Å². The van der Waals surface area contributed by atoms with Gasteiger partial charge in [0.25, 0.3) is 0 Å². The minimum atomic E-state index is -1.00. The minimum Gasteiger partial charge on any atom is -0.476 e. The SMILES string of the molecule is C=CCC(C)Nc1scnc1C(=O)O. The molecular formula is C9H12N2O2S. The Labute approximate surface area is 86.3 Å². The van der Waals surface area contributed by atoms with Crippen molar-refractivity contribution in [2.45, 2.75) is 19.4 Å². The van der Waals surface area contributed by atoms with Crippen molar-refractivity contribution in [2.24, 2.45) is 0 Å². The maximum Gasteiger partial charge on any atom is 0.357 e. The number of aromatic nitrogens is 1. The van der Waals surface area contributed by atoms with Crippen LogP contribution >= 0.6 is 11.3 Å². The van der Waals surface area contributed by atoms with Gasteiger partial charge in [-0.1, -0.05) is 6.08 Å². The fourth-order valence-electron chi connectivity index (χ4n) is 1.03. The monoisotopic (exact) mass is 212 g/mol. The molecule has 0 amide bonds. The Morgan fingerprint density at radius 1 is 1.93 bits per heavy atom. The van der Waals surface area contributed by atoms with Crippen LogP contribution in [0.5, 0.6) is 0 Å². The van der Waals surface area contributed by atoms with Gasteiger partial charge in [-0.05, 0) is 13.3 Å². The van der Waals surface area contributed by atoms with Crippen molar-refractivity contribution in [3.8, 4) is 0 Å². The van der Waals surface area contributed by atoms with Gasteiger partial charge in [0.15, 0.2) is 5.69 Å². The molecule has 0 bridgehead atoms. The van der Waals surface area contributed by atoms with Crippen LogP contribution in [-0.4, -0.2) is 22.1 Å². The molecule has 2 N–H and O–H groups in total. The van der Waals surface area contributed by atoms with E-state index in [0.717, 1.165) is 6.42 Å². The van der Waals surface area contributed by atoms with Crippen LogP contribution in [0.1, 0.15) is 23.8 Å². The summed E-state index contributed by atoms with van der Waals surface area (Å²) in [6, 6.07) is 0.172. The Kier molecular flexibility index (Phi) is 3.64. The molecule has 1 rings (SSSR count). The first-order chi connectivity index (χ1) is 6.65. The van der Waals surface area contributed by atoms with Crippen LogP contribution < -0.4 is 5.32 Å². The zero-order valence-electron chi connectivity index (χ0n) is 7.86. The first-order valence-electron chi connectivity index (χ1n) is 4.19. The lowest BCUT2D eigenvalue weighted by Crippen LogP contribution is -2.15. The Balaban J connectivity index is 2.70. The second-order valence-electron chi connectivity index (χ2n) is 2.91. The molecule has 14 heavy (non-hydrogen) atoms. The van der Waals surface area contributed by atoms with Crippen LogP contribution in [-0.2, 0) is 0 Å². The van der Waals surface area contributed by atoms with Crippen molar-refractivity contribution in [3.63, 3.8) is 0 Å². The average Bonchev–Trinajstić information content (AvgIpc) is 2.52. The van der Waals surface area contributed by atoms with E-state index in [1.54, 1.807) is 6.08 Å². The van der Waals surface area contributed by atoms with Gasteiger partial charge in [0.2, 0.25) is 0 Å². The molecule has 76 valence electrons. The summed E-state index contributed by atoms with van der Waals surface area (Å²) >= 11 is 1.29. The summed E-state index contributed by atoms with van der Waals surface area (Å²) in [7, 11) is 0. The van der Waals surface area contributed by atoms with Gasteiger partial charge in [0.05, 0.1) is 5.51 Å². The summed E-state index contributed by atoms with van der Waals surface area (Å²) in [5.74, 6) is -1.00. The zero-order chi connectivity index (χ0) is 10.6. The molecule has 0 fully saturated rings. The molecule has 0 aliphatic heterocycles.